The predicted octanol–water partition coefficient (Wildman–Crippen LogP) is 4.25. The average molecular weight is 295 g/mol. The Morgan fingerprint density at radius 2 is 1.52 bits per heavy atom. The van der Waals surface area contributed by atoms with Gasteiger partial charge in [0.05, 0.1) is 0 Å². The molecule has 2 nitrogen and oxygen atoms in total. The highest BCUT2D eigenvalue weighted by molar-refractivity contribution is 4.93. The molecule has 0 aromatic rings. The van der Waals surface area contributed by atoms with Gasteiger partial charge in [0, 0.05) is 25.2 Å². The first-order valence-corrected chi connectivity index (χ1v) is 9.29. The van der Waals surface area contributed by atoms with E-state index >= 15 is 0 Å². The van der Waals surface area contributed by atoms with Crippen LogP contribution in [0.4, 0.5) is 0 Å². The summed E-state index contributed by atoms with van der Waals surface area (Å²) in [6, 6.07) is 1.51. The molecule has 124 valence electrons. The van der Waals surface area contributed by atoms with Gasteiger partial charge in [-0.2, -0.15) is 0 Å². The largest absolute Gasteiger partial charge is 0.301 e. The smallest absolute Gasteiger partial charge is 0.00671 e. The van der Waals surface area contributed by atoms with Crippen LogP contribution in [0.1, 0.15) is 67.2 Å². The second kappa shape index (κ2) is 7.00. The minimum Gasteiger partial charge on any atom is -0.301 e. The number of rotatable bonds is 6. The lowest BCUT2D eigenvalue weighted by Crippen LogP contribution is -2.57. The maximum Gasteiger partial charge on any atom is 0.00671 e. The molecular weight excluding hydrogens is 256 g/mol. The van der Waals surface area contributed by atoms with Gasteiger partial charge in [0.15, 0.2) is 0 Å². The Hall–Kier alpha value is -0.0800. The lowest BCUT2D eigenvalue weighted by atomic mass is 9.76. The summed E-state index contributed by atoms with van der Waals surface area (Å²) in [7, 11) is 0. The Morgan fingerprint density at radius 1 is 0.952 bits per heavy atom. The van der Waals surface area contributed by atoms with Gasteiger partial charge < -0.3 is 4.90 Å². The van der Waals surface area contributed by atoms with Crippen molar-refractivity contribution in [3.8, 4) is 0 Å². The van der Waals surface area contributed by atoms with E-state index in [9.17, 15) is 0 Å². The van der Waals surface area contributed by atoms with Crippen molar-refractivity contribution < 1.29 is 0 Å². The van der Waals surface area contributed by atoms with Gasteiger partial charge in [0.1, 0.15) is 0 Å². The molecule has 2 heteroatoms. The first-order valence-electron chi connectivity index (χ1n) is 9.29. The minimum absolute atomic E-state index is 0.592. The van der Waals surface area contributed by atoms with Crippen LogP contribution < -0.4 is 0 Å². The van der Waals surface area contributed by atoms with Gasteiger partial charge >= 0.3 is 0 Å². The van der Waals surface area contributed by atoms with Crippen molar-refractivity contribution in [3.63, 3.8) is 0 Å². The molecule has 0 bridgehead atoms. The highest BCUT2D eigenvalue weighted by Crippen LogP contribution is 2.37. The number of piperidine rings is 1. The van der Waals surface area contributed by atoms with Crippen molar-refractivity contribution in [2.75, 3.05) is 26.2 Å². The molecular formula is C19H38N2. The highest BCUT2D eigenvalue weighted by atomic mass is 15.2. The summed E-state index contributed by atoms with van der Waals surface area (Å²) in [5.74, 6) is 1.84. The Kier molecular flexibility index (Phi) is 5.76. The molecule has 21 heavy (non-hydrogen) atoms. The molecule has 2 rings (SSSR count). The van der Waals surface area contributed by atoms with Gasteiger partial charge in [-0.3, -0.25) is 4.90 Å². The Labute approximate surface area is 133 Å². The first-order chi connectivity index (χ1) is 9.81. The summed E-state index contributed by atoms with van der Waals surface area (Å²) in [5.41, 5.74) is 0.592. The summed E-state index contributed by atoms with van der Waals surface area (Å²) in [6.45, 7) is 19.7. The van der Waals surface area contributed by atoms with E-state index in [-0.39, 0.29) is 0 Å². The maximum atomic E-state index is 2.75. The fraction of sp³-hybridized carbons (Fsp3) is 1.00. The Balaban J connectivity index is 1.68. The third kappa shape index (κ3) is 4.45. The summed E-state index contributed by atoms with van der Waals surface area (Å²) in [6.07, 6.45) is 5.62. The van der Waals surface area contributed by atoms with E-state index in [1.165, 1.54) is 51.9 Å². The molecule has 2 aliphatic heterocycles. The summed E-state index contributed by atoms with van der Waals surface area (Å²) < 4.78 is 0. The van der Waals surface area contributed by atoms with Crippen LogP contribution in [0, 0.1) is 17.3 Å². The maximum absolute atomic E-state index is 2.75. The van der Waals surface area contributed by atoms with Crippen LogP contribution in [-0.2, 0) is 0 Å². The Morgan fingerprint density at radius 3 is 2.00 bits per heavy atom. The monoisotopic (exact) mass is 294 g/mol. The lowest BCUT2D eigenvalue weighted by molar-refractivity contribution is -0.0206. The lowest BCUT2D eigenvalue weighted by Gasteiger charge is -2.51. The van der Waals surface area contributed by atoms with Crippen molar-refractivity contribution in [1.82, 2.24) is 9.80 Å². The molecule has 2 aliphatic rings. The van der Waals surface area contributed by atoms with Crippen molar-refractivity contribution in [1.29, 1.82) is 0 Å². The van der Waals surface area contributed by atoms with E-state index in [0.29, 0.717) is 5.41 Å². The molecule has 0 radical (unpaired) electrons. The molecule has 0 amide bonds. The van der Waals surface area contributed by atoms with Gasteiger partial charge in [-0.25, -0.2) is 0 Å². The van der Waals surface area contributed by atoms with Crippen LogP contribution in [0.15, 0.2) is 0 Å². The molecule has 0 aliphatic carbocycles. The van der Waals surface area contributed by atoms with Crippen LogP contribution in [-0.4, -0.2) is 48.1 Å². The predicted molar refractivity (Wildman–Crippen MR) is 92.6 cm³/mol. The molecule has 0 saturated carbocycles. The molecule has 0 aromatic heterocycles. The minimum atomic E-state index is 0.592. The fourth-order valence-electron chi connectivity index (χ4n) is 4.22. The molecule has 2 saturated heterocycles. The van der Waals surface area contributed by atoms with Crippen LogP contribution in [0.3, 0.4) is 0 Å². The molecule has 1 atom stereocenters. The number of hydrogen-bond donors (Lipinski definition) is 0. The zero-order chi connectivity index (χ0) is 15.6. The van der Waals surface area contributed by atoms with Gasteiger partial charge in [-0.1, -0.05) is 20.8 Å². The summed E-state index contributed by atoms with van der Waals surface area (Å²) in [5, 5.41) is 0. The quantitative estimate of drug-likeness (QED) is 0.722. The van der Waals surface area contributed by atoms with Crippen molar-refractivity contribution in [2.45, 2.75) is 79.3 Å². The second-order valence-corrected chi connectivity index (χ2v) is 8.81. The van der Waals surface area contributed by atoms with E-state index in [1.807, 2.05) is 0 Å². The zero-order valence-electron chi connectivity index (χ0n) is 15.4. The SMILES string of the molecule is CC(C)C1CCN(C(C)CCC2(C)CN(C(C)C)C2)CC1. The van der Waals surface area contributed by atoms with Crippen LogP contribution in [0.5, 0.6) is 0 Å². The van der Waals surface area contributed by atoms with Gasteiger partial charge in [0.2, 0.25) is 0 Å². The number of hydrogen-bond acceptors (Lipinski definition) is 2. The summed E-state index contributed by atoms with van der Waals surface area (Å²) >= 11 is 0. The molecule has 2 fully saturated rings. The van der Waals surface area contributed by atoms with Crippen molar-refractivity contribution in [3.05, 3.63) is 0 Å². The standard InChI is InChI=1S/C19H38N2/c1-15(2)18-8-11-20(12-9-18)17(5)7-10-19(6)13-21(14-19)16(3)4/h15-18H,7-14H2,1-6H3. The average Bonchev–Trinajstić information content (AvgIpc) is 2.41. The van der Waals surface area contributed by atoms with E-state index < -0.39 is 0 Å². The summed E-state index contributed by atoms with van der Waals surface area (Å²) in [4.78, 5) is 5.36. The van der Waals surface area contributed by atoms with Crippen molar-refractivity contribution >= 4 is 0 Å². The van der Waals surface area contributed by atoms with E-state index in [2.05, 4.69) is 51.3 Å². The molecule has 1 unspecified atom stereocenters. The van der Waals surface area contributed by atoms with Crippen LogP contribution in [0.2, 0.25) is 0 Å². The second-order valence-electron chi connectivity index (χ2n) is 8.81. The van der Waals surface area contributed by atoms with E-state index in [0.717, 1.165) is 23.9 Å². The highest BCUT2D eigenvalue weighted by Gasteiger charge is 2.39. The fourth-order valence-corrected chi connectivity index (χ4v) is 4.22. The van der Waals surface area contributed by atoms with Crippen LogP contribution >= 0.6 is 0 Å². The van der Waals surface area contributed by atoms with E-state index in [1.54, 1.807) is 0 Å². The molecule has 2 heterocycles. The normalized spacial score (nSPS) is 26.3. The van der Waals surface area contributed by atoms with Gasteiger partial charge in [-0.15, -0.1) is 0 Å². The third-order valence-electron chi connectivity index (χ3n) is 6.21. The topological polar surface area (TPSA) is 6.48 Å². The molecule has 0 aromatic carbocycles. The number of nitrogens with zero attached hydrogens (tertiary/aromatic N) is 2. The molecule has 0 spiro atoms. The van der Waals surface area contributed by atoms with E-state index in [4.69, 9.17) is 0 Å². The third-order valence-corrected chi connectivity index (χ3v) is 6.21. The van der Waals surface area contributed by atoms with Gasteiger partial charge in [0.25, 0.3) is 0 Å². The zero-order valence-corrected chi connectivity index (χ0v) is 15.4. The number of likely N-dealkylation sites (tertiary alicyclic amines) is 2. The van der Waals surface area contributed by atoms with Crippen molar-refractivity contribution in [2.24, 2.45) is 17.3 Å². The first kappa shape index (κ1) is 17.3. The molecule has 0 N–H and O–H groups in total. The van der Waals surface area contributed by atoms with Gasteiger partial charge in [-0.05, 0) is 76.8 Å². The Bertz CT molecular complexity index is 310. The van der Waals surface area contributed by atoms with Crippen LogP contribution in [0.25, 0.3) is 0 Å².